The molecule has 1 N–H and O–H groups in total. The van der Waals surface area contributed by atoms with Gasteiger partial charge in [-0.2, -0.15) is 0 Å². The summed E-state index contributed by atoms with van der Waals surface area (Å²) in [5.41, 5.74) is 1.71. The predicted molar refractivity (Wildman–Crippen MR) is 72.3 cm³/mol. The maximum absolute atomic E-state index is 11.4. The number of nitrogens with zero attached hydrogens (tertiary/aromatic N) is 3. The Labute approximate surface area is 111 Å². The third kappa shape index (κ3) is 3.62. The normalized spacial score (nSPS) is 17.6. The quantitative estimate of drug-likeness (QED) is 0.855. The SMILES string of the molecule is CN(C)C(=O)COC1N=CC(c2ccccn2)=CN1. The molecule has 6 heteroatoms. The molecule has 0 bridgehead atoms. The van der Waals surface area contributed by atoms with Crippen LogP contribution in [0.5, 0.6) is 0 Å². The highest BCUT2D eigenvalue weighted by Gasteiger charge is 2.13. The minimum Gasteiger partial charge on any atom is -0.347 e. The molecule has 1 aromatic heterocycles. The summed E-state index contributed by atoms with van der Waals surface area (Å²) in [6.45, 7) is -0.00519. The molecule has 0 spiro atoms. The van der Waals surface area contributed by atoms with Crippen molar-refractivity contribution >= 4 is 17.7 Å². The molecule has 1 aliphatic heterocycles. The van der Waals surface area contributed by atoms with Gasteiger partial charge in [-0.1, -0.05) is 6.07 Å². The number of amides is 1. The zero-order chi connectivity index (χ0) is 13.7. The first kappa shape index (κ1) is 13.2. The van der Waals surface area contributed by atoms with E-state index in [9.17, 15) is 4.79 Å². The van der Waals surface area contributed by atoms with Gasteiger partial charge in [0.1, 0.15) is 6.61 Å². The average molecular weight is 260 g/mol. The molecule has 1 aromatic rings. The number of allylic oxidation sites excluding steroid dienone is 1. The Morgan fingerprint density at radius 3 is 2.89 bits per heavy atom. The van der Waals surface area contributed by atoms with E-state index in [1.165, 1.54) is 4.90 Å². The fourth-order valence-corrected chi connectivity index (χ4v) is 1.43. The summed E-state index contributed by atoms with van der Waals surface area (Å²) in [4.78, 5) is 21.2. The average Bonchev–Trinajstić information content (AvgIpc) is 2.46. The van der Waals surface area contributed by atoms with E-state index < -0.39 is 6.35 Å². The number of likely N-dealkylation sites (N-methyl/N-ethyl adjacent to an activating group) is 1. The van der Waals surface area contributed by atoms with Gasteiger partial charge in [-0.05, 0) is 12.1 Å². The van der Waals surface area contributed by atoms with Crippen LogP contribution in [0.15, 0.2) is 35.6 Å². The fraction of sp³-hybridized carbons (Fsp3) is 0.308. The lowest BCUT2D eigenvalue weighted by Crippen LogP contribution is -2.34. The maximum Gasteiger partial charge on any atom is 0.248 e. The molecule has 1 unspecified atom stereocenters. The molecule has 2 heterocycles. The Morgan fingerprint density at radius 1 is 1.47 bits per heavy atom. The summed E-state index contributed by atoms with van der Waals surface area (Å²) in [6, 6.07) is 5.67. The summed E-state index contributed by atoms with van der Waals surface area (Å²) in [5.74, 6) is -0.100. The molecular weight excluding hydrogens is 244 g/mol. The third-order valence-electron chi connectivity index (χ3n) is 2.55. The van der Waals surface area contributed by atoms with Gasteiger partial charge >= 0.3 is 0 Å². The van der Waals surface area contributed by atoms with E-state index in [-0.39, 0.29) is 12.5 Å². The lowest BCUT2D eigenvalue weighted by atomic mass is 10.2. The lowest BCUT2D eigenvalue weighted by Gasteiger charge is -2.19. The Hall–Kier alpha value is -2.21. The predicted octanol–water partition coefficient (Wildman–Crippen LogP) is 0.485. The second kappa shape index (κ2) is 6.10. The largest absolute Gasteiger partial charge is 0.347 e. The molecule has 2 rings (SSSR count). The number of rotatable bonds is 4. The van der Waals surface area contributed by atoms with E-state index in [1.54, 1.807) is 32.7 Å². The van der Waals surface area contributed by atoms with Crippen LogP contribution in [-0.4, -0.2) is 49.1 Å². The number of nitrogens with one attached hydrogen (secondary N) is 1. The van der Waals surface area contributed by atoms with Crippen LogP contribution in [-0.2, 0) is 9.53 Å². The van der Waals surface area contributed by atoms with E-state index in [0.29, 0.717) is 0 Å². The molecule has 100 valence electrons. The summed E-state index contributed by atoms with van der Waals surface area (Å²) >= 11 is 0. The highest BCUT2D eigenvalue weighted by atomic mass is 16.5. The monoisotopic (exact) mass is 260 g/mol. The van der Waals surface area contributed by atoms with Gasteiger partial charge in [0.15, 0.2) is 0 Å². The van der Waals surface area contributed by atoms with E-state index in [2.05, 4.69) is 15.3 Å². The van der Waals surface area contributed by atoms with Gasteiger partial charge in [0.05, 0.1) is 5.69 Å². The Balaban J connectivity index is 1.87. The zero-order valence-corrected chi connectivity index (χ0v) is 10.9. The van der Waals surface area contributed by atoms with Crippen molar-refractivity contribution in [3.8, 4) is 0 Å². The van der Waals surface area contributed by atoms with Crippen molar-refractivity contribution in [2.75, 3.05) is 20.7 Å². The first-order chi connectivity index (χ1) is 9.16. The van der Waals surface area contributed by atoms with Crippen LogP contribution >= 0.6 is 0 Å². The summed E-state index contributed by atoms with van der Waals surface area (Å²) in [5, 5.41) is 2.97. The van der Waals surface area contributed by atoms with Crippen LogP contribution in [0.25, 0.3) is 5.57 Å². The molecule has 0 saturated carbocycles. The third-order valence-corrected chi connectivity index (χ3v) is 2.55. The Bertz CT molecular complexity index is 497. The van der Waals surface area contributed by atoms with Gasteiger partial charge in [0.25, 0.3) is 0 Å². The highest BCUT2D eigenvalue weighted by Crippen LogP contribution is 2.11. The fourth-order valence-electron chi connectivity index (χ4n) is 1.43. The molecule has 0 saturated heterocycles. The second-order valence-corrected chi connectivity index (χ2v) is 4.21. The van der Waals surface area contributed by atoms with E-state index in [4.69, 9.17) is 4.74 Å². The molecule has 6 nitrogen and oxygen atoms in total. The molecule has 1 amide bonds. The summed E-state index contributed by atoms with van der Waals surface area (Å²) in [7, 11) is 3.37. The molecule has 1 aliphatic rings. The topological polar surface area (TPSA) is 66.8 Å². The first-order valence-electron chi connectivity index (χ1n) is 5.89. The number of carbonyl (C=O) groups excluding carboxylic acids is 1. The van der Waals surface area contributed by atoms with Gasteiger partial charge in [-0.25, -0.2) is 4.99 Å². The van der Waals surface area contributed by atoms with E-state index in [0.717, 1.165) is 11.3 Å². The van der Waals surface area contributed by atoms with Crippen molar-refractivity contribution in [2.24, 2.45) is 4.99 Å². The van der Waals surface area contributed by atoms with Crippen LogP contribution in [0.3, 0.4) is 0 Å². The van der Waals surface area contributed by atoms with Gasteiger partial charge in [-0.3, -0.25) is 9.78 Å². The smallest absolute Gasteiger partial charge is 0.248 e. The minimum absolute atomic E-state index is 0.00519. The van der Waals surface area contributed by atoms with Crippen molar-refractivity contribution in [3.63, 3.8) is 0 Å². The highest BCUT2D eigenvalue weighted by molar-refractivity contribution is 6.09. The second-order valence-electron chi connectivity index (χ2n) is 4.21. The number of pyridine rings is 1. The number of hydrogen-bond donors (Lipinski definition) is 1. The zero-order valence-electron chi connectivity index (χ0n) is 10.9. The molecule has 0 aromatic carbocycles. The molecular formula is C13H16N4O2. The molecule has 0 fully saturated rings. The van der Waals surface area contributed by atoms with Crippen LogP contribution in [0.2, 0.25) is 0 Å². The number of carbonyl (C=O) groups is 1. The number of aromatic nitrogens is 1. The van der Waals surface area contributed by atoms with Crippen LogP contribution in [0.4, 0.5) is 0 Å². The van der Waals surface area contributed by atoms with Gasteiger partial charge < -0.3 is 15.0 Å². The van der Waals surface area contributed by atoms with Crippen LogP contribution in [0.1, 0.15) is 5.69 Å². The molecule has 1 atom stereocenters. The molecule has 0 radical (unpaired) electrons. The summed E-state index contributed by atoms with van der Waals surface area (Å²) in [6.07, 6.45) is 4.66. The van der Waals surface area contributed by atoms with Gasteiger partial charge in [-0.15, -0.1) is 0 Å². The minimum atomic E-state index is -0.531. The van der Waals surface area contributed by atoms with Gasteiger partial charge in [0, 0.05) is 38.3 Å². The standard InChI is InChI=1S/C13H16N4O2/c1-17(2)12(18)9-19-13-15-7-10(8-16-13)11-5-3-4-6-14-11/h3-8,13,15H,9H2,1-2H3. The van der Waals surface area contributed by atoms with Crippen molar-refractivity contribution < 1.29 is 9.53 Å². The van der Waals surface area contributed by atoms with Crippen molar-refractivity contribution in [3.05, 3.63) is 36.3 Å². The number of hydrogen-bond acceptors (Lipinski definition) is 5. The van der Waals surface area contributed by atoms with Crippen LogP contribution in [0, 0.1) is 0 Å². The van der Waals surface area contributed by atoms with Crippen molar-refractivity contribution in [1.82, 2.24) is 15.2 Å². The maximum atomic E-state index is 11.4. The van der Waals surface area contributed by atoms with E-state index in [1.807, 2.05) is 18.2 Å². The van der Waals surface area contributed by atoms with Crippen LogP contribution < -0.4 is 5.32 Å². The molecule has 0 aliphatic carbocycles. The van der Waals surface area contributed by atoms with Crippen molar-refractivity contribution in [2.45, 2.75) is 6.35 Å². The Morgan fingerprint density at radius 2 is 2.32 bits per heavy atom. The number of ether oxygens (including phenoxy) is 1. The lowest BCUT2D eigenvalue weighted by molar-refractivity contribution is -0.135. The number of aliphatic imine (C=N–C) groups is 1. The van der Waals surface area contributed by atoms with Gasteiger partial charge in [0.2, 0.25) is 12.3 Å². The molecule has 19 heavy (non-hydrogen) atoms. The summed E-state index contributed by atoms with van der Waals surface area (Å²) < 4.78 is 5.33. The Kier molecular flexibility index (Phi) is 4.25. The first-order valence-corrected chi connectivity index (χ1v) is 5.89. The van der Waals surface area contributed by atoms with E-state index >= 15 is 0 Å². The van der Waals surface area contributed by atoms with Crippen molar-refractivity contribution in [1.29, 1.82) is 0 Å².